The topological polar surface area (TPSA) is 20.2 Å². The Morgan fingerprint density at radius 1 is 0.889 bits per heavy atom. The van der Waals surface area contributed by atoms with E-state index in [0.717, 1.165) is 37.5 Å². The van der Waals surface area contributed by atoms with Gasteiger partial charge in [0.15, 0.2) is 0 Å². The zero-order valence-electron chi connectivity index (χ0n) is 17.4. The fourth-order valence-electron chi connectivity index (χ4n) is 7.89. The Labute approximate surface area is 163 Å². The number of halogens is 3. The normalized spacial score (nSPS) is 46.6. The van der Waals surface area contributed by atoms with Gasteiger partial charge in [-0.15, -0.1) is 0 Å². The Kier molecular flexibility index (Phi) is 6.55. The molecule has 0 amide bonds. The smallest absolute Gasteiger partial charge is 0.391 e. The van der Waals surface area contributed by atoms with Gasteiger partial charge in [-0.2, -0.15) is 13.2 Å². The molecule has 4 aliphatic carbocycles. The summed E-state index contributed by atoms with van der Waals surface area (Å²) in [6.45, 7) is 6.75. The molecular weight excluding hydrogens is 349 g/mol. The first-order valence-corrected chi connectivity index (χ1v) is 11.5. The SMILES string of the molecule is CC.C[C@]12CCC3[C@@H](CC[C@@H]4C[C@@H](C(F)(F)F)CC[C@H]34)C1CCC2CCO. The minimum absolute atomic E-state index is 0.296. The molecule has 4 heteroatoms. The highest BCUT2D eigenvalue weighted by molar-refractivity contribution is 5.06. The van der Waals surface area contributed by atoms with Crippen molar-refractivity contribution >= 4 is 0 Å². The van der Waals surface area contributed by atoms with Crippen molar-refractivity contribution in [2.75, 3.05) is 6.61 Å². The molecule has 0 bridgehead atoms. The predicted molar refractivity (Wildman–Crippen MR) is 103 cm³/mol. The Balaban J connectivity index is 0.00000102. The molecule has 4 saturated carbocycles. The number of rotatable bonds is 2. The maximum atomic E-state index is 13.2. The number of alkyl halides is 3. The first kappa shape index (κ1) is 21.5. The van der Waals surface area contributed by atoms with E-state index in [2.05, 4.69) is 6.92 Å². The van der Waals surface area contributed by atoms with E-state index in [-0.39, 0.29) is 0 Å². The summed E-state index contributed by atoms with van der Waals surface area (Å²) in [4.78, 5) is 0. The van der Waals surface area contributed by atoms with Crippen LogP contribution < -0.4 is 0 Å². The molecule has 0 aromatic carbocycles. The number of aliphatic hydroxyl groups excluding tert-OH is 1. The molecule has 4 aliphatic rings. The fraction of sp³-hybridized carbons (Fsp3) is 1.00. The number of aliphatic hydroxyl groups is 1. The average molecular weight is 389 g/mol. The van der Waals surface area contributed by atoms with Gasteiger partial charge in [0, 0.05) is 6.61 Å². The van der Waals surface area contributed by atoms with Gasteiger partial charge in [0.05, 0.1) is 5.92 Å². The third-order valence-electron chi connectivity index (χ3n) is 9.09. The molecule has 4 fully saturated rings. The summed E-state index contributed by atoms with van der Waals surface area (Å²) in [5, 5.41) is 9.42. The van der Waals surface area contributed by atoms with Crippen molar-refractivity contribution in [1.29, 1.82) is 0 Å². The van der Waals surface area contributed by atoms with Gasteiger partial charge in [0.25, 0.3) is 0 Å². The van der Waals surface area contributed by atoms with Crippen LogP contribution in [0.4, 0.5) is 13.2 Å². The van der Waals surface area contributed by atoms with Crippen LogP contribution in [0.1, 0.15) is 85.0 Å². The maximum Gasteiger partial charge on any atom is 0.391 e. The minimum Gasteiger partial charge on any atom is -0.396 e. The van der Waals surface area contributed by atoms with Crippen LogP contribution in [0.2, 0.25) is 0 Å². The molecule has 1 N–H and O–H groups in total. The molecule has 0 aliphatic heterocycles. The van der Waals surface area contributed by atoms with Gasteiger partial charge in [-0.25, -0.2) is 0 Å². The molecule has 4 rings (SSSR count). The highest BCUT2D eigenvalue weighted by Gasteiger charge is 2.57. The standard InChI is InChI=1S/C21H33F3O.C2H6/c1-20-10-8-17-16-6-3-15(21(22,23)24)12-13(16)2-5-18(17)19(20)7-4-14(20)9-11-25;1-2/h13-19,25H,2-12H2,1H3;1-2H3/t13-,14?,15+,16+,17?,18-,19?,20-;/m1./s1. The summed E-state index contributed by atoms with van der Waals surface area (Å²) >= 11 is 0. The molecule has 8 atom stereocenters. The zero-order chi connectivity index (χ0) is 19.8. The van der Waals surface area contributed by atoms with E-state index >= 15 is 0 Å². The van der Waals surface area contributed by atoms with Gasteiger partial charge in [-0.3, -0.25) is 0 Å². The van der Waals surface area contributed by atoms with Crippen LogP contribution in [0.15, 0.2) is 0 Å². The molecule has 0 heterocycles. The summed E-state index contributed by atoms with van der Waals surface area (Å²) < 4.78 is 39.5. The molecule has 158 valence electrons. The average Bonchev–Trinajstić information content (AvgIpc) is 2.99. The van der Waals surface area contributed by atoms with E-state index in [1.165, 1.54) is 25.7 Å². The van der Waals surface area contributed by atoms with E-state index in [1.54, 1.807) is 0 Å². The zero-order valence-corrected chi connectivity index (χ0v) is 17.4. The van der Waals surface area contributed by atoms with Crippen molar-refractivity contribution in [2.45, 2.75) is 91.2 Å². The Hall–Kier alpha value is -0.250. The van der Waals surface area contributed by atoms with Crippen LogP contribution in [0, 0.1) is 46.8 Å². The van der Waals surface area contributed by atoms with Crippen LogP contribution in [-0.4, -0.2) is 17.9 Å². The van der Waals surface area contributed by atoms with Crippen LogP contribution in [-0.2, 0) is 0 Å². The Bertz CT molecular complexity index is 491. The van der Waals surface area contributed by atoms with Crippen molar-refractivity contribution < 1.29 is 18.3 Å². The first-order valence-electron chi connectivity index (χ1n) is 11.5. The summed E-state index contributed by atoms with van der Waals surface area (Å²) in [7, 11) is 0. The van der Waals surface area contributed by atoms with E-state index in [1.807, 2.05) is 13.8 Å². The first-order chi connectivity index (χ1) is 12.8. The number of hydrogen-bond donors (Lipinski definition) is 1. The highest BCUT2D eigenvalue weighted by atomic mass is 19.4. The largest absolute Gasteiger partial charge is 0.396 e. The third kappa shape index (κ3) is 3.81. The van der Waals surface area contributed by atoms with Gasteiger partial charge in [0.2, 0.25) is 0 Å². The lowest BCUT2D eigenvalue weighted by Gasteiger charge is -2.56. The fourth-order valence-corrected chi connectivity index (χ4v) is 7.89. The molecule has 3 unspecified atom stereocenters. The summed E-state index contributed by atoms with van der Waals surface area (Å²) in [5.74, 6) is 2.66. The lowest BCUT2D eigenvalue weighted by Crippen LogP contribution is -2.49. The third-order valence-corrected chi connectivity index (χ3v) is 9.09. The van der Waals surface area contributed by atoms with Gasteiger partial charge in [-0.05, 0) is 105 Å². The lowest BCUT2D eigenvalue weighted by molar-refractivity contribution is -0.196. The molecule has 0 saturated heterocycles. The summed E-state index contributed by atoms with van der Waals surface area (Å²) in [5.41, 5.74) is 0.375. The van der Waals surface area contributed by atoms with E-state index in [9.17, 15) is 18.3 Å². The molecule has 0 spiro atoms. The van der Waals surface area contributed by atoms with Crippen molar-refractivity contribution in [3.63, 3.8) is 0 Å². The van der Waals surface area contributed by atoms with E-state index in [4.69, 9.17) is 0 Å². The molecule has 0 aromatic heterocycles. The van der Waals surface area contributed by atoms with Gasteiger partial charge in [0.1, 0.15) is 0 Å². The van der Waals surface area contributed by atoms with Crippen LogP contribution in [0.25, 0.3) is 0 Å². The van der Waals surface area contributed by atoms with Gasteiger partial charge >= 0.3 is 6.18 Å². The number of hydrogen-bond acceptors (Lipinski definition) is 1. The number of fused-ring (bicyclic) bond motifs is 5. The Morgan fingerprint density at radius 2 is 1.59 bits per heavy atom. The van der Waals surface area contributed by atoms with E-state index in [0.29, 0.717) is 48.5 Å². The Morgan fingerprint density at radius 3 is 2.26 bits per heavy atom. The summed E-state index contributed by atoms with van der Waals surface area (Å²) in [6, 6.07) is 0. The second-order valence-electron chi connectivity index (χ2n) is 9.82. The lowest BCUT2D eigenvalue weighted by atomic mass is 9.49. The predicted octanol–water partition coefficient (Wildman–Crippen LogP) is 6.84. The van der Waals surface area contributed by atoms with Crippen molar-refractivity contribution in [2.24, 2.45) is 46.8 Å². The summed E-state index contributed by atoms with van der Waals surface area (Å²) in [6.07, 6.45) is 5.67. The van der Waals surface area contributed by atoms with Crippen molar-refractivity contribution in [3.05, 3.63) is 0 Å². The molecule has 1 nitrogen and oxygen atoms in total. The van der Waals surface area contributed by atoms with Crippen LogP contribution >= 0.6 is 0 Å². The van der Waals surface area contributed by atoms with Gasteiger partial charge in [-0.1, -0.05) is 20.8 Å². The molecule has 0 radical (unpaired) electrons. The second kappa shape index (κ2) is 8.24. The minimum atomic E-state index is -3.99. The van der Waals surface area contributed by atoms with Crippen molar-refractivity contribution in [1.82, 2.24) is 0 Å². The maximum absolute atomic E-state index is 13.2. The second-order valence-corrected chi connectivity index (χ2v) is 9.82. The van der Waals surface area contributed by atoms with Crippen molar-refractivity contribution in [3.8, 4) is 0 Å². The van der Waals surface area contributed by atoms with Gasteiger partial charge < -0.3 is 5.11 Å². The molecule has 0 aromatic rings. The quantitative estimate of drug-likeness (QED) is 0.549. The monoisotopic (exact) mass is 388 g/mol. The van der Waals surface area contributed by atoms with E-state index < -0.39 is 12.1 Å². The highest BCUT2D eigenvalue weighted by Crippen LogP contribution is 2.65. The molecular formula is C23H39F3O. The van der Waals surface area contributed by atoms with Crippen LogP contribution in [0.3, 0.4) is 0 Å². The van der Waals surface area contributed by atoms with Crippen LogP contribution in [0.5, 0.6) is 0 Å². The molecule has 27 heavy (non-hydrogen) atoms.